The van der Waals surface area contributed by atoms with Gasteiger partial charge in [-0.1, -0.05) is 34.1 Å². The lowest BCUT2D eigenvalue weighted by molar-refractivity contribution is -0.139. The predicted octanol–water partition coefficient (Wildman–Crippen LogP) is 3.51. The highest BCUT2D eigenvalue weighted by molar-refractivity contribution is 9.10. The maximum absolute atomic E-state index is 12.7. The summed E-state index contributed by atoms with van der Waals surface area (Å²) in [6.45, 7) is 1.25. The summed E-state index contributed by atoms with van der Waals surface area (Å²) < 4.78 is 39.7. The number of rotatable bonds is 4. The second-order valence-electron chi connectivity index (χ2n) is 5.16. The Kier molecular flexibility index (Phi) is 5.48. The molecule has 1 atom stereocenters. The lowest BCUT2D eigenvalue weighted by Gasteiger charge is -2.16. The lowest BCUT2D eigenvalue weighted by Crippen LogP contribution is -2.35. The molecule has 4 nitrogen and oxygen atoms in total. The first-order chi connectivity index (χ1) is 11.2. The molecule has 128 valence electrons. The van der Waals surface area contributed by atoms with Crippen LogP contribution in [-0.2, 0) is 17.5 Å². The van der Waals surface area contributed by atoms with Crippen LogP contribution < -0.4 is 10.9 Å². The topological polar surface area (TPSA) is 51.1 Å². The molecule has 1 heterocycles. The zero-order chi connectivity index (χ0) is 17.9. The highest BCUT2D eigenvalue weighted by Crippen LogP contribution is 2.26. The fourth-order valence-electron chi connectivity index (χ4n) is 2.22. The van der Waals surface area contributed by atoms with Crippen LogP contribution in [0.2, 0.25) is 0 Å². The Morgan fingerprint density at radius 3 is 2.54 bits per heavy atom. The molecule has 0 aliphatic heterocycles. The van der Waals surface area contributed by atoms with Crippen molar-refractivity contribution in [2.24, 2.45) is 0 Å². The molecule has 2 rings (SSSR count). The highest BCUT2D eigenvalue weighted by Gasteiger charge is 2.34. The van der Waals surface area contributed by atoms with Crippen molar-refractivity contribution in [3.8, 4) is 0 Å². The molecule has 0 fully saturated rings. The number of hydrogen-bond acceptors (Lipinski definition) is 2. The molecule has 0 saturated heterocycles. The number of aromatic nitrogens is 1. The van der Waals surface area contributed by atoms with Crippen molar-refractivity contribution in [1.29, 1.82) is 0 Å². The fourth-order valence-corrected chi connectivity index (χ4v) is 2.85. The Labute approximate surface area is 144 Å². The molecule has 0 aliphatic carbocycles. The third-order valence-corrected chi connectivity index (χ3v) is 4.11. The van der Waals surface area contributed by atoms with Crippen LogP contribution in [0.25, 0.3) is 0 Å². The first-order valence-electron chi connectivity index (χ1n) is 7.00. The zero-order valence-electron chi connectivity index (χ0n) is 12.6. The van der Waals surface area contributed by atoms with Gasteiger partial charge in [0.15, 0.2) is 0 Å². The van der Waals surface area contributed by atoms with Gasteiger partial charge in [-0.15, -0.1) is 0 Å². The highest BCUT2D eigenvalue weighted by atomic mass is 79.9. The third kappa shape index (κ3) is 4.25. The summed E-state index contributed by atoms with van der Waals surface area (Å²) >= 11 is 3.37. The number of hydrogen-bond donors (Lipinski definition) is 1. The maximum atomic E-state index is 12.7. The van der Waals surface area contributed by atoms with E-state index < -0.39 is 29.8 Å². The van der Waals surface area contributed by atoms with Gasteiger partial charge < -0.3 is 9.88 Å². The first kappa shape index (κ1) is 18.3. The second-order valence-corrected chi connectivity index (χ2v) is 6.02. The van der Waals surface area contributed by atoms with Crippen molar-refractivity contribution in [3.63, 3.8) is 0 Å². The number of halogens is 4. The number of benzene rings is 1. The van der Waals surface area contributed by atoms with Crippen molar-refractivity contribution in [2.45, 2.75) is 25.7 Å². The van der Waals surface area contributed by atoms with Gasteiger partial charge in [-0.25, -0.2) is 0 Å². The van der Waals surface area contributed by atoms with Gasteiger partial charge in [-0.2, -0.15) is 13.2 Å². The molecule has 1 aromatic carbocycles. The first-order valence-corrected chi connectivity index (χ1v) is 7.80. The van der Waals surface area contributed by atoms with Gasteiger partial charge in [0, 0.05) is 10.7 Å². The van der Waals surface area contributed by atoms with Crippen molar-refractivity contribution in [1.82, 2.24) is 9.88 Å². The Morgan fingerprint density at radius 2 is 1.92 bits per heavy atom. The van der Waals surface area contributed by atoms with Crippen LogP contribution in [0, 0.1) is 0 Å². The standard InChI is InChI=1S/C16H14BrF3N2O2/c1-10(11-5-2-3-7-13(11)17)21-14(23)9-22-8-4-6-12(15(22)24)16(18,19)20/h2-8,10H,9H2,1H3,(H,21,23). The Hall–Kier alpha value is -2.09. The van der Waals surface area contributed by atoms with Crippen LogP contribution in [0.4, 0.5) is 13.2 Å². The molecule has 0 spiro atoms. The van der Waals surface area contributed by atoms with Crippen LogP contribution in [0.15, 0.2) is 51.9 Å². The molecular formula is C16H14BrF3N2O2. The van der Waals surface area contributed by atoms with Gasteiger partial charge in [-0.05, 0) is 30.7 Å². The van der Waals surface area contributed by atoms with Crippen molar-refractivity contribution in [3.05, 3.63) is 68.5 Å². The lowest BCUT2D eigenvalue weighted by atomic mass is 10.1. The predicted molar refractivity (Wildman–Crippen MR) is 86.4 cm³/mol. The normalized spacial score (nSPS) is 12.7. The average molecular weight is 403 g/mol. The van der Waals surface area contributed by atoms with Crippen LogP contribution >= 0.6 is 15.9 Å². The average Bonchev–Trinajstić information content (AvgIpc) is 2.48. The van der Waals surface area contributed by atoms with Crippen molar-refractivity contribution in [2.75, 3.05) is 0 Å². The van der Waals surface area contributed by atoms with Crippen molar-refractivity contribution < 1.29 is 18.0 Å². The zero-order valence-corrected chi connectivity index (χ0v) is 14.2. The molecule has 0 radical (unpaired) electrons. The molecule has 0 bridgehead atoms. The van der Waals surface area contributed by atoms with E-state index in [4.69, 9.17) is 0 Å². The van der Waals surface area contributed by atoms with Gasteiger partial charge in [0.1, 0.15) is 12.1 Å². The van der Waals surface area contributed by atoms with Gasteiger partial charge in [0.2, 0.25) is 5.91 Å². The quantitative estimate of drug-likeness (QED) is 0.850. The minimum absolute atomic E-state index is 0.366. The van der Waals surface area contributed by atoms with Crippen LogP contribution in [0.5, 0.6) is 0 Å². The number of carbonyl (C=O) groups is 1. The SMILES string of the molecule is CC(NC(=O)Cn1cccc(C(F)(F)F)c1=O)c1ccccc1Br. The summed E-state index contributed by atoms with van der Waals surface area (Å²) in [5.74, 6) is -0.556. The number of nitrogens with zero attached hydrogens (tertiary/aromatic N) is 1. The van der Waals surface area contributed by atoms with E-state index in [9.17, 15) is 22.8 Å². The molecule has 0 saturated carbocycles. The van der Waals surface area contributed by atoms with E-state index in [-0.39, 0.29) is 6.04 Å². The molecule has 1 amide bonds. The minimum Gasteiger partial charge on any atom is -0.348 e. The van der Waals surface area contributed by atoms with E-state index in [0.717, 1.165) is 26.9 Å². The van der Waals surface area contributed by atoms with E-state index in [1.165, 1.54) is 0 Å². The number of nitrogens with one attached hydrogen (secondary N) is 1. The molecule has 0 aliphatic rings. The van der Waals surface area contributed by atoms with E-state index >= 15 is 0 Å². The monoisotopic (exact) mass is 402 g/mol. The van der Waals surface area contributed by atoms with Gasteiger partial charge in [-0.3, -0.25) is 9.59 Å². The molecule has 1 N–H and O–H groups in total. The van der Waals surface area contributed by atoms with E-state index in [0.29, 0.717) is 6.07 Å². The fraction of sp³-hybridized carbons (Fsp3) is 0.250. The largest absolute Gasteiger partial charge is 0.421 e. The van der Waals surface area contributed by atoms with Crippen LogP contribution in [0.3, 0.4) is 0 Å². The van der Waals surface area contributed by atoms with Gasteiger partial charge >= 0.3 is 6.18 Å². The molecule has 1 aromatic heterocycles. The summed E-state index contributed by atoms with van der Waals surface area (Å²) in [5.41, 5.74) is -1.72. The maximum Gasteiger partial charge on any atom is 0.421 e. The summed E-state index contributed by atoms with van der Waals surface area (Å²) in [4.78, 5) is 23.9. The summed E-state index contributed by atoms with van der Waals surface area (Å²) in [5, 5.41) is 2.66. The van der Waals surface area contributed by atoms with Gasteiger partial charge in [0.25, 0.3) is 5.56 Å². The molecule has 1 unspecified atom stereocenters. The Balaban J connectivity index is 2.14. The summed E-state index contributed by atoms with van der Waals surface area (Å²) in [7, 11) is 0. The van der Waals surface area contributed by atoms with E-state index in [1.807, 2.05) is 18.2 Å². The number of amides is 1. The van der Waals surface area contributed by atoms with Crippen LogP contribution in [0.1, 0.15) is 24.1 Å². The number of carbonyl (C=O) groups excluding carboxylic acids is 1. The Bertz CT molecular complexity index is 802. The number of alkyl halides is 3. The number of pyridine rings is 1. The van der Waals surface area contributed by atoms with Crippen molar-refractivity contribution >= 4 is 21.8 Å². The Morgan fingerprint density at radius 1 is 1.25 bits per heavy atom. The second kappa shape index (κ2) is 7.21. The third-order valence-electron chi connectivity index (χ3n) is 3.39. The van der Waals surface area contributed by atoms with E-state index in [1.54, 1.807) is 13.0 Å². The molecular weight excluding hydrogens is 389 g/mol. The van der Waals surface area contributed by atoms with E-state index in [2.05, 4.69) is 21.2 Å². The smallest absolute Gasteiger partial charge is 0.348 e. The molecule has 24 heavy (non-hydrogen) atoms. The molecule has 8 heteroatoms. The minimum atomic E-state index is -4.75. The summed E-state index contributed by atoms with van der Waals surface area (Å²) in [6.07, 6.45) is -3.60. The summed E-state index contributed by atoms with van der Waals surface area (Å²) in [6, 6.07) is 8.68. The molecule has 2 aromatic rings. The van der Waals surface area contributed by atoms with Gasteiger partial charge in [0.05, 0.1) is 6.04 Å². The van der Waals surface area contributed by atoms with Crippen LogP contribution in [-0.4, -0.2) is 10.5 Å².